The number of hydrogen-bond acceptors (Lipinski definition) is 2. The molecule has 0 bridgehead atoms. The summed E-state index contributed by atoms with van der Waals surface area (Å²) in [7, 11) is 0. The summed E-state index contributed by atoms with van der Waals surface area (Å²) >= 11 is 0. The highest BCUT2D eigenvalue weighted by Gasteiger charge is 2.14. The van der Waals surface area contributed by atoms with Crippen LogP contribution in [0, 0.1) is 0 Å². The molecule has 0 amide bonds. The fraction of sp³-hybridized carbons (Fsp3) is 0.158. The quantitative estimate of drug-likeness (QED) is 0.759. The number of aliphatic hydroxyl groups excluding tert-OH is 2. The molecule has 0 unspecified atom stereocenters. The second-order valence-electron chi connectivity index (χ2n) is 5.28. The highest BCUT2D eigenvalue weighted by atomic mass is 16.3. The third-order valence-electron chi connectivity index (χ3n) is 3.72. The van der Waals surface area contributed by atoms with Gasteiger partial charge in [-0.15, -0.1) is 0 Å². The molecule has 3 nitrogen and oxygen atoms in total. The van der Waals surface area contributed by atoms with Crippen LogP contribution >= 0.6 is 0 Å². The summed E-state index contributed by atoms with van der Waals surface area (Å²) in [5.41, 5.74) is 4.25. The van der Waals surface area contributed by atoms with Crippen molar-refractivity contribution in [3.63, 3.8) is 0 Å². The van der Waals surface area contributed by atoms with E-state index in [1.807, 2.05) is 60.7 Å². The topological polar surface area (TPSA) is 45.4 Å². The Hall–Kier alpha value is -2.36. The molecule has 3 heteroatoms. The number of aliphatic hydroxyl groups is 2. The highest BCUT2D eigenvalue weighted by Crippen LogP contribution is 2.29. The van der Waals surface area contributed by atoms with Crippen LogP contribution in [0.25, 0.3) is 22.5 Å². The van der Waals surface area contributed by atoms with Crippen LogP contribution in [0.4, 0.5) is 0 Å². The van der Waals surface area contributed by atoms with Crippen molar-refractivity contribution in [1.82, 2.24) is 4.57 Å². The first-order chi connectivity index (χ1) is 10.8. The van der Waals surface area contributed by atoms with Gasteiger partial charge in [0.15, 0.2) is 0 Å². The molecule has 0 saturated carbocycles. The summed E-state index contributed by atoms with van der Waals surface area (Å²) in [4.78, 5) is 0. The molecular weight excluding hydrogens is 274 g/mol. The highest BCUT2D eigenvalue weighted by molar-refractivity contribution is 5.69. The van der Waals surface area contributed by atoms with Crippen molar-refractivity contribution in [1.29, 1.82) is 0 Å². The van der Waals surface area contributed by atoms with Crippen LogP contribution in [0.15, 0.2) is 72.8 Å². The Morgan fingerprint density at radius 3 is 1.59 bits per heavy atom. The Morgan fingerprint density at radius 2 is 1.18 bits per heavy atom. The van der Waals surface area contributed by atoms with Crippen molar-refractivity contribution in [3.05, 3.63) is 72.8 Å². The maximum Gasteiger partial charge on any atom is 0.0949 e. The van der Waals surface area contributed by atoms with Crippen LogP contribution < -0.4 is 0 Å². The van der Waals surface area contributed by atoms with Gasteiger partial charge in [0.05, 0.1) is 19.3 Å². The van der Waals surface area contributed by atoms with E-state index in [1.54, 1.807) is 0 Å². The van der Waals surface area contributed by atoms with Crippen LogP contribution in [0.5, 0.6) is 0 Å². The summed E-state index contributed by atoms with van der Waals surface area (Å²) in [5, 5.41) is 19.1. The number of benzene rings is 2. The Kier molecular flexibility index (Phi) is 4.37. The first-order valence-corrected chi connectivity index (χ1v) is 7.39. The minimum absolute atomic E-state index is 0.249. The lowest BCUT2D eigenvalue weighted by Crippen LogP contribution is -2.20. The lowest BCUT2D eigenvalue weighted by molar-refractivity contribution is 0.0820. The van der Waals surface area contributed by atoms with E-state index in [4.69, 9.17) is 0 Å². The van der Waals surface area contributed by atoms with Gasteiger partial charge < -0.3 is 14.8 Å². The minimum atomic E-state index is -0.780. The van der Waals surface area contributed by atoms with Crippen LogP contribution in [0.1, 0.15) is 0 Å². The number of nitrogens with zero attached hydrogens (tertiary/aromatic N) is 1. The van der Waals surface area contributed by atoms with Crippen LogP contribution in [0.3, 0.4) is 0 Å². The average molecular weight is 293 g/mol. The van der Waals surface area contributed by atoms with Gasteiger partial charge in [0, 0.05) is 11.4 Å². The number of hydrogen-bond donors (Lipinski definition) is 2. The Balaban J connectivity index is 2.10. The first-order valence-electron chi connectivity index (χ1n) is 7.39. The molecule has 0 fully saturated rings. The lowest BCUT2D eigenvalue weighted by atomic mass is 10.1. The molecule has 1 heterocycles. The molecule has 0 spiro atoms. The van der Waals surface area contributed by atoms with E-state index in [0.717, 1.165) is 22.5 Å². The van der Waals surface area contributed by atoms with E-state index in [9.17, 15) is 10.2 Å². The molecule has 0 aliphatic heterocycles. The lowest BCUT2D eigenvalue weighted by Gasteiger charge is -2.16. The zero-order chi connectivity index (χ0) is 15.4. The minimum Gasteiger partial charge on any atom is -0.394 e. The Bertz CT molecular complexity index is 663. The van der Waals surface area contributed by atoms with Gasteiger partial charge in [0.25, 0.3) is 0 Å². The maximum atomic E-state index is 9.90. The van der Waals surface area contributed by atoms with E-state index >= 15 is 0 Å². The second-order valence-corrected chi connectivity index (χ2v) is 5.28. The zero-order valence-corrected chi connectivity index (χ0v) is 12.3. The van der Waals surface area contributed by atoms with Gasteiger partial charge in [-0.3, -0.25) is 0 Å². The molecule has 1 atom stereocenters. The summed E-state index contributed by atoms with van der Waals surface area (Å²) in [6.07, 6.45) is -0.780. The monoisotopic (exact) mass is 293 g/mol. The largest absolute Gasteiger partial charge is 0.394 e. The van der Waals surface area contributed by atoms with Crippen molar-refractivity contribution >= 4 is 0 Å². The molecule has 0 radical (unpaired) electrons. The summed E-state index contributed by atoms with van der Waals surface area (Å²) in [5.74, 6) is 0. The normalized spacial score (nSPS) is 12.3. The van der Waals surface area contributed by atoms with Crippen molar-refractivity contribution in [2.24, 2.45) is 0 Å². The number of rotatable bonds is 5. The summed E-state index contributed by atoms with van der Waals surface area (Å²) in [6.45, 7) is 0.110. The van der Waals surface area contributed by atoms with Crippen LogP contribution in [-0.4, -0.2) is 27.5 Å². The van der Waals surface area contributed by atoms with E-state index < -0.39 is 6.10 Å². The molecule has 0 saturated heterocycles. The van der Waals surface area contributed by atoms with Crippen molar-refractivity contribution < 1.29 is 10.2 Å². The molecule has 112 valence electrons. The van der Waals surface area contributed by atoms with Crippen molar-refractivity contribution in [2.75, 3.05) is 6.61 Å². The molecule has 22 heavy (non-hydrogen) atoms. The predicted molar refractivity (Wildman–Crippen MR) is 88.4 cm³/mol. The molecule has 3 rings (SSSR count). The van der Waals surface area contributed by atoms with Crippen LogP contribution in [0.2, 0.25) is 0 Å². The molecule has 0 aliphatic rings. The average Bonchev–Trinajstić information content (AvgIpc) is 3.00. The van der Waals surface area contributed by atoms with Gasteiger partial charge >= 0.3 is 0 Å². The van der Waals surface area contributed by atoms with Gasteiger partial charge in [0.2, 0.25) is 0 Å². The fourth-order valence-electron chi connectivity index (χ4n) is 2.65. The SMILES string of the molecule is OC[C@H](O)Cn1c(-c2ccccc2)ccc1-c1ccccc1. The first kappa shape index (κ1) is 14.6. The van der Waals surface area contributed by atoms with Gasteiger partial charge in [-0.05, 0) is 23.3 Å². The fourth-order valence-corrected chi connectivity index (χ4v) is 2.65. The third kappa shape index (κ3) is 2.96. The standard InChI is InChI=1S/C19H19NO2/c21-14-17(22)13-20-18(15-7-3-1-4-8-15)11-12-19(20)16-9-5-2-6-10-16/h1-12,17,21-22H,13-14H2/t17-/m1/s1. The van der Waals surface area contributed by atoms with Crippen LogP contribution in [-0.2, 0) is 6.54 Å². The predicted octanol–water partition coefficient (Wildman–Crippen LogP) is 3.18. The van der Waals surface area contributed by atoms with E-state index in [1.165, 1.54) is 0 Å². The maximum absolute atomic E-state index is 9.90. The van der Waals surface area contributed by atoms with E-state index in [2.05, 4.69) is 16.7 Å². The van der Waals surface area contributed by atoms with Crippen molar-refractivity contribution in [3.8, 4) is 22.5 Å². The molecule has 1 aromatic heterocycles. The van der Waals surface area contributed by atoms with Crippen molar-refractivity contribution in [2.45, 2.75) is 12.6 Å². The Morgan fingerprint density at radius 1 is 0.727 bits per heavy atom. The van der Waals surface area contributed by atoms with Gasteiger partial charge in [-0.25, -0.2) is 0 Å². The van der Waals surface area contributed by atoms with Gasteiger partial charge in [-0.2, -0.15) is 0 Å². The molecular formula is C19H19NO2. The second kappa shape index (κ2) is 6.60. The van der Waals surface area contributed by atoms with Gasteiger partial charge in [-0.1, -0.05) is 60.7 Å². The van der Waals surface area contributed by atoms with Gasteiger partial charge in [0.1, 0.15) is 0 Å². The smallest absolute Gasteiger partial charge is 0.0949 e. The van der Waals surface area contributed by atoms with E-state index in [0.29, 0.717) is 6.54 Å². The van der Waals surface area contributed by atoms with E-state index in [-0.39, 0.29) is 6.61 Å². The molecule has 2 aromatic carbocycles. The summed E-state index contributed by atoms with van der Waals surface area (Å²) in [6, 6.07) is 24.3. The molecule has 2 N–H and O–H groups in total. The number of aromatic nitrogens is 1. The third-order valence-corrected chi connectivity index (χ3v) is 3.72. The molecule has 3 aromatic rings. The Labute approximate surface area is 130 Å². The summed E-state index contributed by atoms with van der Waals surface area (Å²) < 4.78 is 2.06. The zero-order valence-electron chi connectivity index (χ0n) is 12.3. The molecule has 0 aliphatic carbocycles.